The molecule has 1 heterocycles. The summed E-state index contributed by atoms with van der Waals surface area (Å²) in [6.45, 7) is 0. The van der Waals surface area contributed by atoms with E-state index in [1.165, 1.54) is 18.2 Å². The molecule has 0 spiro atoms. The van der Waals surface area contributed by atoms with Crippen LogP contribution in [0.5, 0.6) is 0 Å². The minimum Gasteiger partial charge on any atom is -0.478 e. The van der Waals surface area contributed by atoms with Crippen LogP contribution in [0.1, 0.15) is 21.7 Å². The van der Waals surface area contributed by atoms with Crippen LogP contribution >= 0.6 is 0 Å². The van der Waals surface area contributed by atoms with Crippen molar-refractivity contribution in [1.29, 1.82) is 0 Å². The van der Waals surface area contributed by atoms with E-state index in [0.717, 1.165) is 5.56 Å². The first-order valence-electron chi connectivity index (χ1n) is 6.43. The minimum absolute atomic E-state index is 0.117. The maximum absolute atomic E-state index is 12.0. The van der Waals surface area contributed by atoms with Gasteiger partial charge < -0.3 is 10.1 Å². The van der Waals surface area contributed by atoms with Gasteiger partial charge in [-0.25, -0.2) is 9.78 Å². The van der Waals surface area contributed by atoms with Crippen LogP contribution in [0.15, 0.2) is 53.3 Å². The number of hydrogen-bond donors (Lipinski definition) is 2. The van der Waals surface area contributed by atoms with Gasteiger partial charge in [0, 0.05) is 6.42 Å². The van der Waals surface area contributed by atoms with Crippen molar-refractivity contribution in [3.05, 3.63) is 75.8 Å². The standard InChI is InChI=1S/C16H12N2O3/c19-15-12-7-6-11(16(20)21)9-13(12)17-14(18-15)8-10-4-2-1-3-5-10/h1-7,9H,8H2,(H,20,21)(H,17,18,19). The molecule has 0 aliphatic rings. The van der Waals surface area contributed by atoms with Gasteiger partial charge in [0.15, 0.2) is 0 Å². The van der Waals surface area contributed by atoms with Gasteiger partial charge in [0.2, 0.25) is 0 Å². The highest BCUT2D eigenvalue weighted by Crippen LogP contribution is 2.12. The van der Waals surface area contributed by atoms with E-state index in [9.17, 15) is 9.59 Å². The van der Waals surface area contributed by atoms with Crippen molar-refractivity contribution in [2.45, 2.75) is 6.42 Å². The number of nitrogens with zero attached hydrogens (tertiary/aromatic N) is 1. The summed E-state index contributed by atoms with van der Waals surface area (Å²) in [6.07, 6.45) is 0.489. The Kier molecular flexibility index (Phi) is 3.23. The highest BCUT2D eigenvalue weighted by atomic mass is 16.4. The highest BCUT2D eigenvalue weighted by molar-refractivity contribution is 5.92. The van der Waals surface area contributed by atoms with E-state index in [4.69, 9.17) is 5.11 Å². The fourth-order valence-electron chi connectivity index (χ4n) is 2.19. The Morgan fingerprint density at radius 3 is 2.62 bits per heavy atom. The van der Waals surface area contributed by atoms with E-state index >= 15 is 0 Å². The second-order valence-electron chi connectivity index (χ2n) is 4.71. The van der Waals surface area contributed by atoms with Gasteiger partial charge in [-0.05, 0) is 23.8 Å². The van der Waals surface area contributed by atoms with Crippen molar-refractivity contribution in [1.82, 2.24) is 9.97 Å². The minimum atomic E-state index is -1.04. The summed E-state index contributed by atoms with van der Waals surface area (Å²) in [5.74, 6) is -0.523. The largest absolute Gasteiger partial charge is 0.478 e. The van der Waals surface area contributed by atoms with Crippen LogP contribution in [0.3, 0.4) is 0 Å². The van der Waals surface area contributed by atoms with Gasteiger partial charge in [-0.1, -0.05) is 30.3 Å². The number of benzene rings is 2. The zero-order chi connectivity index (χ0) is 14.8. The molecule has 0 atom stereocenters. The summed E-state index contributed by atoms with van der Waals surface area (Å²) in [5, 5.41) is 9.39. The Bertz CT molecular complexity index is 870. The van der Waals surface area contributed by atoms with Crippen LogP contribution in [0.2, 0.25) is 0 Å². The summed E-state index contributed by atoms with van der Waals surface area (Å²) >= 11 is 0. The molecule has 104 valence electrons. The molecule has 3 rings (SSSR count). The Labute approximate surface area is 119 Å². The molecule has 0 unspecified atom stereocenters. The van der Waals surface area contributed by atoms with E-state index in [2.05, 4.69) is 9.97 Å². The molecule has 3 aromatic rings. The van der Waals surface area contributed by atoms with E-state index in [-0.39, 0.29) is 11.1 Å². The number of hydrogen-bond acceptors (Lipinski definition) is 3. The number of aromatic carboxylic acids is 1. The molecule has 0 aliphatic carbocycles. The molecule has 21 heavy (non-hydrogen) atoms. The average molecular weight is 280 g/mol. The predicted molar refractivity (Wildman–Crippen MR) is 78.6 cm³/mol. The third-order valence-corrected chi connectivity index (χ3v) is 3.22. The fourth-order valence-corrected chi connectivity index (χ4v) is 2.19. The molecule has 0 bridgehead atoms. The second kappa shape index (κ2) is 5.20. The van der Waals surface area contributed by atoms with E-state index in [0.29, 0.717) is 23.1 Å². The number of fused-ring (bicyclic) bond motifs is 1. The van der Waals surface area contributed by atoms with Crippen LogP contribution in [0.25, 0.3) is 10.9 Å². The molecule has 0 amide bonds. The maximum atomic E-state index is 12.0. The number of rotatable bonds is 3. The highest BCUT2D eigenvalue weighted by Gasteiger charge is 2.08. The van der Waals surface area contributed by atoms with Gasteiger partial charge in [-0.3, -0.25) is 4.79 Å². The van der Waals surface area contributed by atoms with Gasteiger partial charge in [0.25, 0.3) is 5.56 Å². The topological polar surface area (TPSA) is 83.0 Å². The van der Waals surface area contributed by atoms with E-state index < -0.39 is 5.97 Å². The Morgan fingerprint density at radius 2 is 1.90 bits per heavy atom. The maximum Gasteiger partial charge on any atom is 0.335 e. The molecule has 2 N–H and O–H groups in total. The molecule has 0 aliphatic heterocycles. The van der Waals surface area contributed by atoms with Gasteiger partial charge in [0.05, 0.1) is 16.5 Å². The first-order valence-corrected chi connectivity index (χ1v) is 6.43. The summed E-state index contributed by atoms with van der Waals surface area (Å²) in [5.41, 5.74) is 1.27. The number of H-pyrrole nitrogens is 1. The number of carbonyl (C=O) groups is 1. The summed E-state index contributed by atoms with van der Waals surface area (Å²) < 4.78 is 0. The average Bonchev–Trinajstić information content (AvgIpc) is 2.47. The second-order valence-corrected chi connectivity index (χ2v) is 4.71. The number of aromatic nitrogens is 2. The van der Waals surface area contributed by atoms with Gasteiger partial charge >= 0.3 is 5.97 Å². The fraction of sp³-hybridized carbons (Fsp3) is 0.0625. The van der Waals surface area contributed by atoms with Crippen LogP contribution in [-0.4, -0.2) is 21.0 Å². The van der Waals surface area contributed by atoms with Crippen LogP contribution < -0.4 is 5.56 Å². The van der Waals surface area contributed by atoms with E-state index in [1.54, 1.807) is 0 Å². The van der Waals surface area contributed by atoms with Gasteiger partial charge in [0.1, 0.15) is 5.82 Å². The molecule has 0 radical (unpaired) electrons. The summed E-state index contributed by atoms with van der Waals surface area (Å²) in [4.78, 5) is 30.1. The lowest BCUT2D eigenvalue weighted by atomic mass is 10.1. The normalized spacial score (nSPS) is 10.7. The third-order valence-electron chi connectivity index (χ3n) is 3.22. The quantitative estimate of drug-likeness (QED) is 0.770. The number of aromatic amines is 1. The molecule has 5 heteroatoms. The summed E-state index contributed by atoms with van der Waals surface area (Å²) in [6, 6.07) is 13.9. The zero-order valence-electron chi connectivity index (χ0n) is 11.0. The van der Waals surface area contributed by atoms with Crippen molar-refractivity contribution < 1.29 is 9.90 Å². The molecular weight excluding hydrogens is 268 g/mol. The van der Waals surface area contributed by atoms with E-state index in [1.807, 2.05) is 30.3 Å². The number of carboxylic acids is 1. The van der Waals surface area contributed by atoms with Crippen molar-refractivity contribution in [2.75, 3.05) is 0 Å². The monoisotopic (exact) mass is 280 g/mol. The zero-order valence-corrected chi connectivity index (χ0v) is 11.0. The molecule has 2 aromatic carbocycles. The van der Waals surface area contributed by atoms with Crippen molar-refractivity contribution in [3.8, 4) is 0 Å². The first kappa shape index (κ1) is 13.1. The molecule has 0 saturated carbocycles. The van der Waals surface area contributed by atoms with Crippen molar-refractivity contribution in [3.63, 3.8) is 0 Å². The molecular formula is C16H12N2O3. The predicted octanol–water partition coefficient (Wildman–Crippen LogP) is 2.21. The Morgan fingerprint density at radius 1 is 1.14 bits per heavy atom. The lowest BCUT2D eigenvalue weighted by molar-refractivity contribution is 0.0697. The smallest absolute Gasteiger partial charge is 0.335 e. The number of nitrogens with one attached hydrogen (secondary N) is 1. The van der Waals surface area contributed by atoms with Crippen LogP contribution in [0.4, 0.5) is 0 Å². The third kappa shape index (κ3) is 2.67. The summed E-state index contributed by atoms with van der Waals surface area (Å²) in [7, 11) is 0. The Hall–Kier alpha value is -2.95. The number of carboxylic acid groups (broad SMARTS) is 1. The lowest BCUT2D eigenvalue weighted by Gasteiger charge is -2.04. The first-order chi connectivity index (χ1) is 10.1. The Balaban J connectivity index is 2.08. The van der Waals surface area contributed by atoms with Crippen molar-refractivity contribution >= 4 is 16.9 Å². The van der Waals surface area contributed by atoms with Crippen LogP contribution in [-0.2, 0) is 6.42 Å². The van der Waals surface area contributed by atoms with Crippen molar-refractivity contribution in [2.24, 2.45) is 0 Å². The molecule has 1 aromatic heterocycles. The van der Waals surface area contributed by atoms with Gasteiger partial charge in [-0.2, -0.15) is 0 Å². The molecule has 5 nitrogen and oxygen atoms in total. The van der Waals surface area contributed by atoms with Crippen LogP contribution in [0, 0.1) is 0 Å². The molecule has 0 fully saturated rings. The molecule has 0 saturated heterocycles. The lowest BCUT2D eigenvalue weighted by Crippen LogP contribution is -2.12. The van der Waals surface area contributed by atoms with Gasteiger partial charge in [-0.15, -0.1) is 0 Å². The SMILES string of the molecule is O=C(O)c1ccc2c(=O)[nH]c(Cc3ccccc3)nc2c1.